The van der Waals surface area contributed by atoms with Crippen LogP contribution in [0.2, 0.25) is 5.02 Å². The van der Waals surface area contributed by atoms with E-state index in [4.69, 9.17) is 25.7 Å². The number of aryl methyl sites for hydroxylation is 1. The van der Waals surface area contributed by atoms with Crippen LogP contribution in [-0.2, 0) is 0 Å². The molecular formula is C9H7BClO3. The highest BCUT2D eigenvalue weighted by molar-refractivity contribution is 6.31. The van der Waals surface area contributed by atoms with Crippen LogP contribution in [0.1, 0.15) is 5.56 Å². The molecule has 1 heterocycles. The summed E-state index contributed by atoms with van der Waals surface area (Å²) in [7, 11) is 0.590. The van der Waals surface area contributed by atoms with Crippen molar-refractivity contribution >= 4 is 30.3 Å². The lowest BCUT2D eigenvalue weighted by molar-refractivity contribution is 0.368. The van der Waals surface area contributed by atoms with Gasteiger partial charge in [0.2, 0.25) is 0 Å². The van der Waals surface area contributed by atoms with Crippen molar-refractivity contribution in [3.63, 3.8) is 0 Å². The van der Waals surface area contributed by atoms with Gasteiger partial charge < -0.3 is 14.1 Å². The van der Waals surface area contributed by atoms with E-state index in [1.54, 1.807) is 12.1 Å². The molecule has 0 atom stereocenters. The molecule has 71 valence electrons. The van der Waals surface area contributed by atoms with Crippen LogP contribution in [0.3, 0.4) is 0 Å². The Kier molecular flexibility index (Phi) is 2.39. The summed E-state index contributed by atoms with van der Waals surface area (Å²) < 4.78 is 10.1. The maximum absolute atomic E-state index is 8.49. The van der Waals surface area contributed by atoms with Gasteiger partial charge in [-0.05, 0) is 19.1 Å². The molecule has 1 aromatic carbocycles. The highest BCUT2D eigenvalue weighted by Gasteiger charge is 2.11. The molecule has 2 aromatic rings. The van der Waals surface area contributed by atoms with Gasteiger partial charge in [0.25, 0.3) is 5.95 Å². The minimum atomic E-state index is 0.282. The zero-order chi connectivity index (χ0) is 10.1. The monoisotopic (exact) mass is 209 g/mol. The molecule has 0 fully saturated rings. The van der Waals surface area contributed by atoms with E-state index < -0.39 is 0 Å². The van der Waals surface area contributed by atoms with E-state index in [9.17, 15) is 0 Å². The van der Waals surface area contributed by atoms with Gasteiger partial charge in [-0.15, -0.1) is 0 Å². The van der Waals surface area contributed by atoms with Gasteiger partial charge in [0, 0.05) is 22.0 Å². The molecule has 0 aliphatic carbocycles. The first-order valence-corrected chi connectivity index (χ1v) is 4.41. The molecule has 1 aromatic heterocycles. The summed E-state index contributed by atoms with van der Waals surface area (Å²) in [5, 5.41) is 10.0. The average Bonchev–Trinajstić information content (AvgIpc) is 2.44. The second-order valence-corrected chi connectivity index (χ2v) is 3.31. The predicted octanol–water partition coefficient (Wildman–Crippen LogP) is 2.30. The molecule has 0 aliphatic rings. The molecule has 1 radical (unpaired) electrons. The average molecular weight is 209 g/mol. The zero-order valence-electron chi connectivity index (χ0n) is 7.45. The number of furan rings is 1. The number of hydrogen-bond donors (Lipinski definition) is 1. The predicted molar refractivity (Wildman–Crippen MR) is 54.6 cm³/mol. The van der Waals surface area contributed by atoms with Gasteiger partial charge in [0.15, 0.2) is 0 Å². The Morgan fingerprint density at radius 1 is 1.50 bits per heavy atom. The SMILES string of the molecule is Cc1c(O[B]O)oc2cc(Cl)ccc12. The minimum Gasteiger partial charge on any atom is -0.510 e. The summed E-state index contributed by atoms with van der Waals surface area (Å²) in [6.45, 7) is 1.85. The van der Waals surface area contributed by atoms with Gasteiger partial charge in [-0.3, -0.25) is 0 Å². The van der Waals surface area contributed by atoms with E-state index in [2.05, 4.69) is 0 Å². The quantitative estimate of drug-likeness (QED) is 0.772. The van der Waals surface area contributed by atoms with Crippen LogP contribution in [0.5, 0.6) is 5.95 Å². The third-order valence-corrected chi connectivity index (χ3v) is 2.25. The van der Waals surface area contributed by atoms with E-state index in [1.807, 2.05) is 13.0 Å². The summed E-state index contributed by atoms with van der Waals surface area (Å²) in [5.41, 5.74) is 1.48. The molecule has 14 heavy (non-hydrogen) atoms. The molecular weight excluding hydrogens is 202 g/mol. The van der Waals surface area contributed by atoms with Crippen molar-refractivity contribution in [2.75, 3.05) is 0 Å². The molecule has 1 N–H and O–H groups in total. The van der Waals surface area contributed by atoms with Crippen molar-refractivity contribution in [1.29, 1.82) is 0 Å². The van der Waals surface area contributed by atoms with Crippen LogP contribution >= 0.6 is 11.6 Å². The highest BCUT2D eigenvalue weighted by atomic mass is 35.5. The second kappa shape index (κ2) is 3.56. The lowest BCUT2D eigenvalue weighted by Gasteiger charge is -1.94. The molecule has 0 aliphatic heterocycles. The summed E-state index contributed by atoms with van der Waals surface area (Å²) in [6.07, 6.45) is 0. The Morgan fingerprint density at radius 2 is 2.29 bits per heavy atom. The first-order chi connectivity index (χ1) is 6.72. The van der Waals surface area contributed by atoms with Crippen molar-refractivity contribution < 1.29 is 14.1 Å². The van der Waals surface area contributed by atoms with E-state index in [0.717, 1.165) is 10.9 Å². The molecule has 0 unspecified atom stereocenters. The third-order valence-electron chi connectivity index (χ3n) is 2.02. The largest absolute Gasteiger partial charge is 0.571 e. The molecule has 0 saturated heterocycles. The number of benzene rings is 1. The molecule has 0 bridgehead atoms. The lowest BCUT2D eigenvalue weighted by Crippen LogP contribution is -1.99. The summed E-state index contributed by atoms with van der Waals surface area (Å²) in [6, 6.07) is 5.33. The fourth-order valence-electron chi connectivity index (χ4n) is 1.34. The van der Waals surface area contributed by atoms with Crippen LogP contribution in [-0.4, -0.2) is 12.7 Å². The molecule has 3 nitrogen and oxygen atoms in total. The normalized spacial score (nSPS) is 10.5. The number of halogens is 1. The van der Waals surface area contributed by atoms with Crippen molar-refractivity contribution in [3.8, 4) is 5.95 Å². The van der Waals surface area contributed by atoms with Gasteiger partial charge in [0.05, 0.1) is 0 Å². The van der Waals surface area contributed by atoms with Crippen LogP contribution in [0.4, 0.5) is 0 Å². The standard InChI is InChI=1S/C9H7BClO3/c1-5-7-3-2-6(11)4-8(7)13-9(5)14-10-12/h2-4,12H,1H3. The highest BCUT2D eigenvalue weighted by Crippen LogP contribution is 2.32. The van der Waals surface area contributed by atoms with Gasteiger partial charge >= 0.3 is 7.69 Å². The maximum atomic E-state index is 8.49. The van der Waals surface area contributed by atoms with E-state index in [-0.39, 0.29) is 5.95 Å². The van der Waals surface area contributed by atoms with Crippen LogP contribution in [0.25, 0.3) is 11.0 Å². The Balaban J connectivity index is 2.61. The fourth-order valence-corrected chi connectivity index (χ4v) is 1.50. The smallest absolute Gasteiger partial charge is 0.510 e. The first kappa shape index (κ1) is 9.43. The van der Waals surface area contributed by atoms with Crippen molar-refractivity contribution in [2.24, 2.45) is 0 Å². The number of rotatable bonds is 2. The van der Waals surface area contributed by atoms with Crippen LogP contribution in [0, 0.1) is 6.92 Å². The maximum Gasteiger partial charge on any atom is 0.571 e. The zero-order valence-corrected chi connectivity index (χ0v) is 8.21. The Hall–Kier alpha value is -1.13. The topological polar surface area (TPSA) is 42.6 Å². The van der Waals surface area contributed by atoms with Crippen molar-refractivity contribution in [3.05, 3.63) is 28.8 Å². The van der Waals surface area contributed by atoms with E-state index >= 15 is 0 Å². The summed E-state index contributed by atoms with van der Waals surface area (Å²) in [5.74, 6) is 0.282. The lowest BCUT2D eigenvalue weighted by atomic mass is 10.2. The summed E-state index contributed by atoms with van der Waals surface area (Å²) >= 11 is 5.80. The molecule has 0 saturated carbocycles. The first-order valence-electron chi connectivity index (χ1n) is 4.03. The second-order valence-electron chi connectivity index (χ2n) is 2.88. The Morgan fingerprint density at radius 3 is 3.00 bits per heavy atom. The fraction of sp³-hybridized carbons (Fsp3) is 0.111. The van der Waals surface area contributed by atoms with Crippen molar-refractivity contribution in [1.82, 2.24) is 0 Å². The third kappa shape index (κ3) is 1.47. The van der Waals surface area contributed by atoms with Gasteiger partial charge in [-0.25, -0.2) is 0 Å². The van der Waals surface area contributed by atoms with Gasteiger partial charge in [0.1, 0.15) is 5.58 Å². The molecule has 0 amide bonds. The molecule has 0 spiro atoms. The minimum absolute atomic E-state index is 0.282. The molecule has 2 rings (SSSR count). The Bertz CT molecular complexity index is 466. The van der Waals surface area contributed by atoms with Crippen LogP contribution < -0.4 is 4.65 Å². The molecule has 5 heteroatoms. The van der Waals surface area contributed by atoms with Crippen LogP contribution in [0.15, 0.2) is 22.6 Å². The Labute approximate surface area is 86.5 Å². The van der Waals surface area contributed by atoms with E-state index in [0.29, 0.717) is 18.3 Å². The van der Waals surface area contributed by atoms with Gasteiger partial charge in [-0.2, -0.15) is 0 Å². The number of fused-ring (bicyclic) bond motifs is 1. The van der Waals surface area contributed by atoms with Crippen molar-refractivity contribution in [2.45, 2.75) is 6.92 Å². The van der Waals surface area contributed by atoms with E-state index in [1.165, 1.54) is 0 Å². The number of hydrogen-bond acceptors (Lipinski definition) is 3. The van der Waals surface area contributed by atoms with Gasteiger partial charge in [-0.1, -0.05) is 11.6 Å². The summed E-state index contributed by atoms with van der Waals surface area (Å²) in [4.78, 5) is 0.